The molecule has 2 aromatic rings. The lowest BCUT2D eigenvalue weighted by Crippen LogP contribution is -2.55. The molecule has 2 aliphatic rings. The van der Waals surface area contributed by atoms with E-state index in [0.717, 1.165) is 55.9 Å². The first-order valence-corrected chi connectivity index (χ1v) is 13.9. The largest absolute Gasteiger partial charge is 0.353 e. The summed E-state index contributed by atoms with van der Waals surface area (Å²) in [6, 6.07) is 10.9. The minimum atomic E-state index is -0.855. The summed E-state index contributed by atoms with van der Waals surface area (Å²) in [7, 11) is 0. The van der Waals surface area contributed by atoms with Crippen LogP contribution >= 0.6 is 11.8 Å². The Morgan fingerprint density at radius 2 is 1.73 bits per heavy atom. The quantitative estimate of drug-likeness (QED) is 0.482. The standard InChI is InChI=1S/C28H33F2N3O3S/c29-21-13-19(14-22(30)17-21)16-24(34)32-23(15-18-7-3-1-4-8-18)27(35)33-25-26(20-9-5-2-6-10-20)37-12-11-31-28(25)36/h2,5-6,9-10,13-14,17-18,23,25-26H,1,3-4,7-8,11-12,15-16H2,(H,31,36)(H,32,34)(H,33,35)/t23-,25-,26+/m0/s1. The fraction of sp³-hybridized carbons (Fsp3) is 0.464. The maximum absolute atomic E-state index is 13.6. The lowest BCUT2D eigenvalue weighted by Gasteiger charge is -2.29. The second-order valence-corrected chi connectivity index (χ2v) is 11.0. The van der Waals surface area contributed by atoms with Gasteiger partial charge in [-0.2, -0.15) is 0 Å². The zero-order chi connectivity index (χ0) is 26.2. The first-order chi connectivity index (χ1) is 17.9. The summed E-state index contributed by atoms with van der Waals surface area (Å²) in [4.78, 5) is 39.4. The van der Waals surface area contributed by atoms with Crippen LogP contribution in [0, 0.1) is 17.6 Å². The highest BCUT2D eigenvalue weighted by Crippen LogP contribution is 2.34. The molecule has 1 aliphatic carbocycles. The summed E-state index contributed by atoms with van der Waals surface area (Å²) >= 11 is 1.60. The maximum Gasteiger partial charge on any atom is 0.244 e. The fourth-order valence-corrected chi connectivity index (χ4v) is 6.37. The normalized spacial score (nSPS) is 21.4. The van der Waals surface area contributed by atoms with E-state index in [1.807, 2.05) is 30.3 Å². The molecule has 6 nitrogen and oxygen atoms in total. The van der Waals surface area contributed by atoms with E-state index in [2.05, 4.69) is 16.0 Å². The smallest absolute Gasteiger partial charge is 0.244 e. The Morgan fingerprint density at radius 1 is 1.03 bits per heavy atom. The van der Waals surface area contributed by atoms with E-state index in [4.69, 9.17) is 0 Å². The first-order valence-electron chi connectivity index (χ1n) is 12.9. The summed E-state index contributed by atoms with van der Waals surface area (Å²) in [5.41, 5.74) is 1.13. The van der Waals surface area contributed by atoms with Crippen LogP contribution in [0.4, 0.5) is 8.78 Å². The molecule has 3 N–H and O–H groups in total. The average Bonchev–Trinajstić information content (AvgIpc) is 3.05. The highest BCUT2D eigenvalue weighted by Gasteiger charge is 2.36. The third-order valence-corrected chi connectivity index (χ3v) is 8.29. The molecule has 37 heavy (non-hydrogen) atoms. The molecular formula is C28H33F2N3O3S. The van der Waals surface area contributed by atoms with Crippen molar-refractivity contribution >= 4 is 29.5 Å². The molecule has 3 amide bonds. The van der Waals surface area contributed by atoms with Crippen molar-refractivity contribution in [3.05, 3.63) is 71.3 Å². The predicted octanol–water partition coefficient (Wildman–Crippen LogP) is 4.05. The van der Waals surface area contributed by atoms with Crippen LogP contribution in [0.5, 0.6) is 0 Å². The van der Waals surface area contributed by atoms with Crippen molar-refractivity contribution < 1.29 is 23.2 Å². The molecule has 2 aromatic carbocycles. The van der Waals surface area contributed by atoms with Gasteiger partial charge in [0.15, 0.2) is 0 Å². The highest BCUT2D eigenvalue weighted by atomic mass is 32.2. The number of hydrogen-bond acceptors (Lipinski definition) is 4. The van der Waals surface area contributed by atoms with Gasteiger partial charge < -0.3 is 16.0 Å². The van der Waals surface area contributed by atoms with Crippen LogP contribution in [0.2, 0.25) is 0 Å². The van der Waals surface area contributed by atoms with E-state index in [9.17, 15) is 23.2 Å². The third-order valence-electron chi connectivity index (χ3n) is 6.94. The number of hydrogen-bond donors (Lipinski definition) is 3. The van der Waals surface area contributed by atoms with Crippen molar-refractivity contribution in [3.63, 3.8) is 0 Å². The molecular weight excluding hydrogens is 496 g/mol. The molecule has 0 unspecified atom stereocenters. The van der Waals surface area contributed by atoms with Crippen molar-refractivity contribution in [2.75, 3.05) is 12.3 Å². The van der Waals surface area contributed by atoms with E-state index < -0.39 is 35.5 Å². The van der Waals surface area contributed by atoms with Gasteiger partial charge in [-0.15, -0.1) is 11.8 Å². The molecule has 3 atom stereocenters. The van der Waals surface area contributed by atoms with Gasteiger partial charge in [-0.1, -0.05) is 62.4 Å². The molecule has 198 valence electrons. The van der Waals surface area contributed by atoms with Gasteiger partial charge in [0.1, 0.15) is 23.7 Å². The fourth-order valence-electron chi connectivity index (χ4n) is 5.16. The van der Waals surface area contributed by atoms with E-state index in [1.165, 1.54) is 0 Å². The summed E-state index contributed by atoms with van der Waals surface area (Å²) < 4.78 is 27.2. The van der Waals surface area contributed by atoms with Gasteiger partial charge in [0.2, 0.25) is 17.7 Å². The first kappa shape index (κ1) is 27.1. The van der Waals surface area contributed by atoms with Gasteiger partial charge in [-0.05, 0) is 35.6 Å². The van der Waals surface area contributed by atoms with E-state index in [0.29, 0.717) is 18.7 Å². The van der Waals surface area contributed by atoms with Crippen LogP contribution in [0.25, 0.3) is 0 Å². The molecule has 0 aromatic heterocycles. The Labute approximate surface area is 220 Å². The Balaban J connectivity index is 1.51. The van der Waals surface area contributed by atoms with Gasteiger partial charge in [0.25, 0.3) is 0 Å². The zero-order valence-corrected chi connectivity index (χ0v) is 21.5. The minimum Gasteiger partial charge on any atom is -0.353 e. The lowest BCUT2D eigenvalue weighted by atomic mass is 9.84. The number of halogens is 2. The number of carbonyl (C=O) groups excluding carboxylic acids is 3. The van der Waals surface area contributed by atoms with Gasteiger partial charge in [-0.3, -0.25) is 14.4 Å². The lowest BCUT2D eigenvalue weighted by molar-refractivity contribution is -0.132. The SMILES string of the molecule is O=C(Cc1cc(F)cc(F)c1)N[C@@H](CC1CCCCC1)C(=O)N[C@@H]1C(=O)NCCS[C@@H]1c1ccccc1. The summed E-state index contributed by atoms with van der Waals surface area (Å²) in [6.07, 6.45) is 5.45. The van der Waals surface area contributed by atoms with E-state index in [1.54, 1.807) is 11.8 Å². The second kappa shape index (κ2) is 13.0. The summed E-state index contributed by atoms with van der Waals surface area (Å²) in [5.74, 6) is -1.72. The van der Waals surface area contributed by atoms with Crippen LogP contribution < -0.4 is 16.0 Å². The molecule has 0 radical (unpaired) electrons. The van der Waals surface area contributed by atoms with E-state index in [-0.39, 0.29) is 29.1 Å². The van der Waals surface area contributed by atoms with Gasteiger partial charge in [0, 0.05) is 18.4 Å². The minimum absolute atomic E-state index is 0.190. The number of nitrogens with one attached hydrogen (secondary N) is 3. The van der Waals surface area contributed by atoms with Gasteiger partial charge >= 0.3 is 0 Å². The summed E-state index contributed by atoms with van der Waals surface area (Å²) in [6.45, 7) is 0.506. The molecule has 1 aliphatic heterocycles. The number of benzene rings is 2. The monoisotopic (exact) mass is 529 g/mol. The molecule has 0 spiro atoms. The van der Waals surface area contributed by atoms with Gasteiger partial charge in [0.05, 0.1) is 11.7 Å². The molecule has 0 bridgehead atoms. The maximum atomic E-state index is 13.6. The van der Waals surface area contributed by atoms with Crippen LogP contribution in [0.15, 0.2) is 48.5 Å². The van der Waals surface area contributed by atoms with Crippen molar-refractivity contribution in [2.45, 2.75) is 62.3 Å². The Hall–Kier alpha value is -2.94. The molecule has 4 rings (SSSR count). The second-order valence-electron chi connectivity index (χ2n) is 9.79. The highest BCUT2D eigenvalue weighted by molar-refractivity contribution is 7.99. The molecule has 9 heteroatoms. The molecule has 1 saturated carbocycles. The average molecular weight is 530 g/mol. The van der Waals surface area contributed by atoms with Crippen LogP contribution in [0.3, 0.4) is 0 Å². The van der Waals surface area contributed by atoms with Gasteiger partial charge in [-0.25, -0.2) is 8.78 Å². The Kier molecular flexibility index (Phi) is 9.55. The molecule has 2 fully saturated rings. The zero-order valence-electron chi connectivity index (χ0n) is 20.7. The number of carbonyl (C=O) groups is 3. The van der Waals surface area contributed by atoms with Crippen LogP contribution in [-0.4, -0.2) is 42.1 Å². The Bertz CT molecular complexity index is 1080. The van der Waals surface area contributed by atoms with Crippen molar-refractivity contribution in [2.24, 2.45) is 5.92 Å². The van der Waals surface area contributed by atoms with Crippen LogP contribution in [0.1, 0.15) is 54.9 Å². The summed E-state index contributed by atoms with van der Waals surface area (Å²) in [5, 5.41) is 8.32. The topological polar surface area (TPSA) is 87.3 Å². The predicted molar refractivity (Wildman–Crippen MR) is 140 cm³/mol. The van der Waals surface area contributed by atoms with E-state index >= 15 is 0 Å². The third kappa shape index (κ3) is 7.77. The number of thioether (sulfide) groups is 1. The Morgan fingerprint density at radius 3 is 2.43 bits per heavy atom. The van der Waals surface area contributed by atoms with Crippen molar-refractivity contribution in [1.29, 1.82) is 0 Å². The van der Waals surface area contributed by atoms with Crippen molar-refractivity contribution in [3.8, 4) is 0 Å². The number of amides is 3. The van der Waals surface area contributed by atoms with Crippen molar-refractivity contribution in [1.82, 2.24) is 16.0 Å². The molecule has 1 saturated heterocycles. The number of rotatable bonds is 8. The van der Waals surface area contributed by atoms with Crippen LogP contribution in [-0.2, 0) is 20.8 Å². The molecule has 1 heterocycles.